The van der Waals surface area contributed by atoms with Crippen molar-refractivity contribution in [3.05, 3.63) is 23.8 Å². The summed E-state index contributed by atoms with van der Waals surface area (Å²) in [6.45, 7) is -1.51. The molecule has 0 aliphatic heterocycles. The second-order valence-electron chi connectivity index (χ2n) is 2.75. The van der Waals surface area contributed by atoms with Gasteiger partial charge in [0.2, 0.25) is 0 Å². The molecule has 1 aromatic carbocycles. The number of phenolic OH excluding ortho intramolecular Hbond substituents is 1. The molecule has 15 heavy (non-hydrogen) atoms. The maximum absolute atomic E-state index is 11.8. The number of carbonyl (C=O) groups excluding carboxylic acids is 1. The van der Waals surface area contributed by atoms with Gasteiger partial charge in [-0.1, -0.05) is 0 Å². The predicted molar refractivity (Wildman–Crippen MR) is 45.0 cm³/mol. The number of alkyl halides is 3. The van der Waals surface area contributed by atoms with Gasteiger partial charge in [0.1, 0.15) is 6.29 Å². The van der Waals surface area contributed by atoms with E-state index in [9.17, 15) is 18.0 Å². The number of benzene rings is 1. The third-order valence-corrected chi connectivity index (χ3v) is 1.51. The molecule has 0 atom stereocenters. The van der Waals surface area contributed by atoms with Gasteiger partial charge in [0.25, 0.3) is 0 Å². The molecule has 0 unspecified atom stereocenters. The van der Waals surface area contributed by atoms with Gasteiger partial charge in [-0.25, -0.2) is 0 Å². The first kappa shape index (κ1) is 11.4. The Morgan fingerprint density at radius 3 is 2.60 bits per heavy atom. The predicted octanol–water partition coefficient (Wildman–Crippen LogP) is 2.15. The van der Waals surface area contributed by atoms with Crippen LogP contribution in [0.1, 0.15) is 10.4 Å². The summed E-state index contributed by atoms with van der Waals surface area (Å²) in [6.07, 6.45) is -4.04. The van der Waals surface area contributed by atoms with Crippen molar-refractivity contribution in [3.63, 3.8) is 0 Å². The molecule has 1 aromatic rings. The first-order valence-corrected chi connectivity index (χ1v) is 3.90. The highest BCUT2D eigenvalue weighted by molar-refractivity contribution is 5.76. The molecular formula is C9H7F3O3. The minimum absolute atomic E-state index is 0.130. The summed E-state index contributed by atoms with van der Waals surface area (Å²) >= 11 is 0. The summed E-state index contributed by atoms with van der Waals surface area (Å²) in [6, 6.07) is 3.40. The third kappa shape index (κ3) is 3.49. The molecular weight excluding hydrogens is 213 g/mol. The van der Waals surface area contributed by atoms with Gasteiger partial charge in [-0.3, -0.25) is 4.79 Å². The van der Waals surface area contributed by atoms with Crippen molar-refractivity contribution in [1.82, 2.24) is 0 Å². The molecule has 1 rings (SSSR count). The van der Waals surface area contributed by atoms with E-state index in [2.05, 4.69) is 4.74 Å². The summed E-state index contributed by atoms with van der Waals surface area (Å²) in [4.78, 5) is 10.3. The number of aromatic hydroxyl groups is 1. The van der Waals surface area contributed by atoms with Crippen molar-refractivity contribution in [1.29, 1.82) is 0 Å². The van der Waals surface area contributed by atoms with Crippen molar-refractivity contribution in [3.8, 4) is 11.5 Å². The van der Waals surface area contributed by atoms with Gasteiger partial charge < -0.3 is 9.84 Å². The lowest BCUT2D eigenvalue weighted by Gasteiger charge is -2.10. The minimum atomic E-state index is -4.48. The largest absolute Gasteiger partial charge is 0.504 e. The summed E-state index contributed by atoms with van der Waals surface area (Å²) in [7, 11) is 0. The molecule has 0 aliphatic carbocycles. The molecule has 6 heteroatoms. The van der Waals surface area contributed by atoms with Crippen LogP contribution >= 0.6 is 0 Å². The number of hydrogen-bond donors (Lipinski definition) is 1. The zero-order valence-corrected chi connectivity index (χ0v) is 7.41. The zero-order chi connectivity index (χ0) is 11.5. The average Bonchev–Trinajstić information content (AvgIpc) is 2.15. The fourth-order valence-corrected chi connectivity index (χ4v) is 0.879. The van der Waals surface area contributed by atoms with Crippen molar-refractivity contribution >= 4 is 6.29 Å². The molecule has 0 fully saturated rings. The maximum Gasteiger partial charge on any atom is 0.422 e. The first-order valence-electron chi connectivity index (χ1n) is 3.90. The Morgan fingerprint density at radius 1 is 1.40 bits per heavy atom. The molecule has 0 saturated carbocycles. The molecule has 0 aromatic heterocycles. The van der Waals surface area contributed by atoms with Crippen LogP contribution in [0.2, 0.25) is 0 Å². The van der Waals surface area contributed by atoms with Crippen molar-refractivity contribution in [2.24, 2.45) is 0 Å². The normalized spacial score (nSPS) is 11.1. The molecule has 0 bridgehead atoms. The van der Waals surface area contributed by atoms with Crippen LogP contribution in [0.3, 0.4) is 0 Å². The van der Waals surface area contributed by atoms with Crippen LogP contribution in [0.25, 0.3) is 0 Å². The Kier molecular flexibility index (Phi) is 3.18. The molecule has 0 heterocycles. The average molecular weight is 220 g/mol. The monoisotopic (exact) mass is 220 g/mol. The van der Waals surface area contributed by atoms with E-state index in [4.69, 9.17) is 5.11 Å². The number of rotatable bonds is 3. The van der Waals surface area contributed by atoms with Gasteiger partial charge in [0.05, 0.1) is 0 Å². The number of phenols is 1. The molecule has 3 nitrogen and oxygen atoms in total. The van der Waals surface area contributed by atoms with Crippen molar-refractivity contribution in [2.75, 3.05) is 6.61 Å². The van der Waals surface area contributed by atoms with Gasteiger partial charge in [-0.2, -0.15) is 13.2 Å². The number of carbonyl (C=O) groups is 1. The first-order chi connectivity index (χ1) is 6.92. The molecule has 0 radical (unpaired) electrons. The second kappa shape index (κ2) is 4.20. The fraction of sp³-hybridized carbons (Fsp3) is 0.222. The standard InChI is InChI=1S/C9H7F3O3/c10-9(11,12)5-15-8-3-6(4-13)1-2-7(8)14/h1-4,14H,5H2. The Hall–Kier alpha value is -1.72. The molecule has 1 N–H and O–H groups in total. The molecule has 82 valence electrons. The van der Waals surface area contributed by atoms with E-state index in [1.165, 1.54) is 6.07 Å². The van der Waals surface area contributed by atoms with Crippen LogP contribution in [-0.2, 0) is 0 Å². The highest BCUT2D eigenvalue weighted by Crippen LogP contribution is 2.28. The van der Waals surface area contributed by atoms with Crippen LogP contribution in [0.15, 0.2) is 18.2 Å². The summed E-state index contributed by atoms with van der Waals surface area (Å²) in [5.41, 5.74) is 0.130. The molecule has 0 aliphatic rings. The lowest BCUT2D eigenvalue weighted by Crippen LogP contribution is -2.19. The smallest absolute Gasteiger partial charge is 0.422 e. The summed E-state index contributed by atoms with van der Waals surface area (Å²) in [5, 5.41) is 9.12. The Morgan fingerprint density at radius 2 is 2.07 bits per heavy atom. The van der Waals surface area contributed by atoms with Gasteiger partial charge >= 0.3 is 6.18 Å². The van der Waals surface area contributed by atoms with Crippen LogP contribution in [0, 0.1) is 0 Å². The van der Waals surface area contributed by atoms with E-state index in [0.717, 1.165) is 12.1 Å². The highest BCUT2D eigenvalue weighted by atomic mass is 19.4. The number of halogens is 3. The zero-order valence-electron chi connectivity index (χ0n) is 7.41. The lowest BCUT2D eigenvalue weighted by atomic mass is 10.2. The second-order valence-corrected chi connectivity index (χ2v) is 2.75. The van der Waals surface area contributed by atoms with E-state index in [1.807, 2.05) is 0 Å². The van der Waals surface area contributed by atoms with E-state index < -0.39 is 18.5 Å². The van der Waals surface area contributed by atoms with Gasteiger partial charge in [-0.05, 0) is 18.2 Å². The van der Waals surface area contributed by atoms with Crippen LogP contribution in [0.4, 0.5) is 13.2 Å². The van der Waals surface area contributed by atoms with Crippen LogP contribution in [-0.4, -0.2) is 24.2 Å². The van der Waals surface area contributed by atoms with Crippen LogP contribution in [0.5, 0.6) is 11.5 Å². The van der Waals surface area contributed by atoms with Gasteiger partial charge in [0.15, 0.2) is 18.1 Å². The summed E-state index contributed by atoms with van der Waals surface area (Å²) < 4.78 is 39.6. The van der Waals surface area contributed by atoms with Gasteiger partial charge in [-0.15, -0.1) is 0 Å². The summed E-state index contributed by atoms with van der Waals surface area (Å²) in [5.74, 6) is -0.804. The van der Waals surface area contributed by atoms with E-state index in [1.54, 1.807) is 0 Å². The Balaban J connectivity index is 2.80. The Labute approximate surface area is 83.1 Å². The van der Waals surface area contributed by atoms with E-state index in [-0.39, 0.29) is 11.3 Å². The number of aldehydes is 1. The quantitative estimate of drug-likeness (QED) is 0.794. The van der Waals surface area contributed by atoms with Crippen molar-refractivity contribution in [2.45, 2.75) is 6.18 Å². The minimum Gasteiger partial charge on any atom is -0.504 e. The van der Waals surface area contributed by atoms with Gasteiger partial charge in [0, 0.05) is 5.56 Å². The highest BCUT2D eigenvalue weighted by Gasteiger charge is 2.28. The Bertz CT molecular complexity index is 360. The maximum atomic E-state index is 11.8. The van der Waals surface area contributed by atoms with E-state index >= 15 is 0 Å². The fourth-order valence-electron chi connectivity index (χ4n) is 0.879. The topological polar surface area (TPSA) is 46.5 Å². The van der Waals surface area contributed by atoms with E-state index in [0.29, 0.717) is 6.29 Å². The molecule has 0 saturated heterocycles. The number of hydrogen-bond acceptors (Lipinski definition) is 3. The molecule has 0 spiro atoms. The lowest BCUT2D eigenvalue weighted by molar-refractivity contribution is -0.153. The third-order valence-electron chi connectivity index (χ3n) is 1.51. The SMILES string of the molecule is O=Cc1ccc(O)c(OCC(F)(F)F)c1. The molecule has 0 amide bonds. The van der Waals surface area contributed by atoms with Crippen molar-refractivity contribution < 1.29 is 27.8 Å². The van der Waals surface area contributed by atoms with Crippen LogP contribution < -0.4 is 4.74 Å². The number of ether oxygens (including phenoxy) is 1.